The molecule has 3 aromatic heterocycles. The van der Waals surface area contributed by atoms with E-state index in [4.69, 9.17) is 4.98 Å². The lowest BCUT2D eigenvalue weighted by molar-refractivity contribution is 0.0948. The molecule has 0 saturated heterocycles. The zero-order valence-electron chi connectivity index (χ0n) is 18.5. The molecule has 0 aliphatic heterocycles. The Morgan fingerprint density at radius 3 is 2.65 bits per heavy atom. The van der Waals surface area contributed by atoms with E-state index in [1.54, 1.807) is 6.20 Å². The number of rotatable bonds is 7. The fraction of sp³-hybridized carbons (Fsp3) is 0.333. The highest BCUT2D eigenvalue weighted by Crippen LogP contribution is 2.27. The van der Waals surface area contributed by atoms with E-state index >= 15 is 0 Å². The third kappa shape index (κ3) is 4.35. The van der Waals surface area contributed by atoms with Crippen LogP contribution in [0.15, 0.2) is 48.8 Å². The molecular weight excluding hydrogens is 388 g/mol. The zero-order chi connectivity index (χ0) is 22.0. The van der Waals surface area contributed by atoms with E-state index < -0.39 is 0 Å². The van der Waals surface area contributed by atoms with Crippen molar-refractivity contribution in [1.82, 2.24) is 29.9 Å². The van der Waals surface area contributed by atoms with Crippen molar-refractivity contribution in [3.63, 3.8) is 0 Å². The minimum atomic E-state index is -0.105. The fourth-order valence-corrected chi connectivity index (χ4v) is 3.78. The second kappa shape index (κ2) is 8.71. The van der Waals surface area contributed by atoms with Crippen molar-refractivity contribution in [2.75, 3.05) is 6.54 Å². The first-order chi connectivity index (χ1) is 15.0. The Balaban J connectivity index is 1.67. The molecule has 1 N–H and O–H groups in total. The number of hydrogen-bond acceptors (Lipinski definition) is 4. The minimum absolute atomic E-state index is 0.105. The summed E-state index contributed by atoms with van der Waals surface area (Å²) in [6.07, 6.45) is 3.70. The van der Waals surface area contributed by atoms with Crippen LogP contribution in [0.3, 0.4) is 0 Å². The minimum Gasteiger partial charge on any atom is -0.352 e. The molecule has 4 aromatic rings. The van der Waals surface area contributed by atoms with Crippen LogP contribution in [0.2, 0.25) is 0 Å². The number of nitrogens with zero attached hydrogens (tertiary/aromatic N) is 5. The van der Waals surface area contributed by atoms with Crippen LogP contribution < -0.4 is 5.32 Å². The molecule has 4 rings (SSSR count). The topological polar surface area (TPSA) is 77.6 Å². The van der Waals surface area contributed by atoms with Crippen molar-refractivity contribution < 1.29 is 4.79 Å². The first-order valence-electron chi connectivity index (χ1n) is 10.7. The van der Waals surface area contributed by atoms with Gasteiger partial charge < -0.3 is 5.32 Å². The average Bonchev–Trinajstić information content (AvgIpc) is 3.39. The molecule has 0 aliphatic rings. The van der Waals surface area contributed by atoms with Gasteiger partial charge in [0.1, 0.15) is 0 Å². The summed E-state index contributed by atoms with van der Waals surface area (Å²) in [7, 11) is 0. The van der Waals surface area contributed by atoms with Crippen LogP contribution in [-0.4, -0.2) is 37.0 Å². The van der Waals surface area contributed by atoms with Gasteiger partial charge in [-0.2, -0.15) is 10.2 Å². The molecule has 7 nitrogen and oxygen atoms in total. The van der Waals surface area contributed by atoms with Crippen molar-refractivity contribution in [3.05, 3.63) is 65.6 Å². The summed E-state index contributed by atoms with van der Waals surface area (Å²) in [4.78, 5) is 18.1. The zero-order valence-corrected chi connectivity index (χ0v) is 18.5. The van der Waals surface area contributed by atoms with E-state index in [0.717, 1.165) is 34.5 Å². The molecule has 0 bridgehead atoms. The van der Waals surface area contributed by atoms with Crippen LogP contribution in [0.1, 0.15) is 35.5 Å². The van der Waals surface area contributed by atoms with Crippen molar-refractivity contribution in [2.45, 2.75) is 40.8 Å². The second-order valence-corrected chi connectivity index (χ2v) is 8.06. The van der Waals surface area contributed by atoms with Gasteiger partial charge in [0.15, 0.2) is 5.65 Å². The molecule has 3 heterocycles. The number of fused-ring (bicyclic) bond motifs is 1. The number of pyridine rings is 1. The molecule has 1 atom stereocenters. The first kappa shape index (κ1) is 20.8. The van der Waals surface area contributed by atoms with E-state index in [9.17, 15) is 4.79 Å². The molecular formula is C24H28N6O. The third-order valence-corrected chi connectivity index (χ3v) is 5.44. The van der Waals surface area contributed by atoms with E-state index in [1.807, 2.05) is 53.7 Å². The van der Waals surface area contributed by atoms with Gasteiger partial charge in [-0.1, -0.05) is 36.8 Å². The van der Waals surface area contributed by atoms with Crippen LogP contribution in [0.4, 0.5) is 0 Å². The predicted octanol–water partition coefficient (Wildman–Crippen LogP) is 4.00. The molecule has 0 saturated carbocycles. The van der Waals surface area contributed by atoms with Gasteiger partial charge in [0.2, 0.25) is 0 Å². The lowest BCUT2D eigenvalue weighted by Crippen LogP contribution is -2.30. The van der Waals surface area contributed by atoms with Gasteiger partial charge in [-0.25, -0.2) is 9.67 Å². The summed E-state index contributed by atoms with van der Waals surface area (Å²) in [5.74, 6) is 0.143. The van der Waals surface area contributed by atoms with Crippen molar-refractivity contribution in [1.29, 1.82) is 0 Å². The molecule has 7 heteroatoms. The van der Waals surface area contributed by atoms with Crippen molar-refractivity contribution in [3.8, 4) is 11.3 Å². The van der Waals surface area contributed by atoms with Crippen LogP contribution >= 0.6 is 0 Å². The Morgan fingerprint density at radius 2 is 1.97 bits per heavy atom. The van der Waals surface area contributed by atoms with E-state index in [-0.39, 0.29) is 11.8 Å². The molecule has 31 heavy (non-hydrogen) atoms. The van der Waals surface area contributed by atoms with Gasteiger partial charge in [0, 0.05) is 37.6 Å². The maximum Gasteiger partial charge on any atom is 0.252 e. The Morgan fingerprint density at radius 1 is 1.19 bits per heavy atom. The summed E-state index contributed by atoms with van der Waals surface area (Å²) in [5, 5.41) is 12.8. The normalized spacial score (nSPS) is 12.3. The third-order valence-electron chi connectivity index (χ3n) is 5.44. The summed E-state index contributed by atoms with van der Waals surface area (Å²) < 4.78 is 3.74. The Kier molecular flexibility index (Phi) is 5.84. The SMILES string of the molecule is CCn1nc(C)c2c(C(=O)NC[C@H](C)Cn3cccn3)cc(-c3ccc(C)cc3)nc21. The Bertz CT molecular complexity index is 1190. The van der Waals surface area contributed by atoms with Gasteiger partial charge >= 0.3 is 0 Å². The number of hydrogen-bond donors (Lipinski definition) is 1. The van der Waals surface area contributed by atoms with Gasteiger partial charge in [-0.15, -0.1) is 0 Å². The molecule has 0 spiro atoms. The molecule has 0 aliphatic carbocycles. The number of aryl methyl sites for hydroxylation is 3. The van der Waals surface area contributed by atoms with Crippen LogP contribution in [0.5, 0.6) is 0 Å². The highest BCUT2D eigenvalue weighted by Gasteiger charge is 2.20. The summed E-state index contributed by atoms with van der Waals surface area (Å²) in [6.45, 7) is 10.1. The fourth-order valence-electron chi connectivity index (χ4n) is 3.78. The highest BCUT2D eigenvalue weighted by molar-refractivity contribution is 6.07. The summed E-state index contributed by atoms with van der Waals surface area (Å²) in [6, 6.07) is 12.0. The lowest BCUT2D eigenvalue weighted by atomic mass is 10.0. The monoisotopic (exact) mass is 416 g/mol. The lowest BCUT2D eigenvalue weighted by Gasteiger charge is -2.14. The number of benzene rings is 1. The average molecular weight is 417 g/mol. The standard InChI is InChI=1S/C24H28N6O/c1-5-30-23-22(18(4)28-30)20(13-21(27-23)19-9-7-16(2)8-10-19)24(31)25-14-17(3)15-29-12-6-11-26-29/h6-13,17H,5,14-15H2,1-4H3,(H,25,31)/t17-/m0/s1. The summed E-state index contributed by atoms with van der Waals surface area (Å²) in [5.41, 5.74) is 5.11. The Hall–Kier alpha value is -3.48. The van der Waals surface area contributed by atoms with Gasteiger partial charge in [-0.05, 0) is 38.8 Å². The van der Waals surface area contributed by atoms with Crippen LogP contribution in [0, 0.1) is 19.8 Å². The Labute approximate surface area is 182 Å². The number of nitrogens with one attached hydrogen (secondary N) is 1. The molecule has 160 valence electrons. The van der Waals surface area contributed by atoms with E-state index in [0.29, 0.717) is 18.7 Å². The maximum absolute atomic E-state index is 13.3. The number of carbonyl (C=O) groups excluding carboxylic acids is 1. The predicted molar refractivity (Wildman–Crippen MR) is 122 cm³/mol. The quantitative estimate of drug-likeness (QED) is 0.494. The number of carbonyl (C=O) groups is 1. The van der Waals surface area contributed by atoms with Gasteiger partial charge in [-0.3, -0.25) is 9.48 Å². The van der Waals surface area contributed by atoms with Gasteiger partial charge in [0.25, 0.3) is 5.91 Å². The molecule has 1 aromatic carbocycles. The molecule has 1 amide bonds. The number of amides is 1. The van der Waals surface area contributed by atoms with Crippen molar-refractivity contribution >= 4 is 16.9 Å². The second-order valence-electron chi connectivity index (χ2n) is 8.06. The van der Waals surface area contributed by atoms with E-state index in [2.05, 4.69) is 41.5 Å². The first-order valence-corrected chi connectivity index (χ1v) is 10.7. The highest BCUT2D eigenvalue weighted by atomic mass is 16.1. The number of aromatic nitrogens is 5. The van der Waals surface area contributed by atoms with E-state index in [1.165, 1.54) is 5.56 Å². The van der Waals surface area contributed by atoms with Crippen LogP contribution in [0.25, 0.3) is 22.3 Å². The molecule has 0 unspecified atom stereocenters. The summed E-state index contributed by atoms with van der Waals surface area (Å²) >= 11 is 0. The molecule has 0 fully saturated rings. The molecule has 0 radical (unpaired) electrons. The van der Waals surface area contributed by atoms with Crippen LogP contribution in [-0.2, 0) is 13.1 Å². The van der Waals surface area contributed by atoms with Gasteiger partial charge in [0.05, 0.1) is 22.3 Å². The van der Waals surface area contributed by atoms with Crippen molar-refractivity contribution in [2.24, 2.45) is 5.92 Å². The largest absolute Gasteiger partial charge is 0.352 e. The smallest absolute Gasteiger partial charge is 0.252 e. The maximum atomic E-state index is 13.3.